The topological polar surface area (TPSA) is 3.88 Å². The van der Waals surface area contributed by atoms with E-state index in [1.54, 1.807) is 0 Å². The molecule has 0 aromatic carbocycles. The molecular formula is C25H46N+. The van der Waals surface area contributed by atoms with Crippen molar-refractivity contribution in [2.75, 3.05) is 0 Å². The van der Waals surface area contributed by atoms with Crippen LogP contribution in [-0.2, 0) is 6.54 Å². The van der Waals surface area contributed by atoms with Crippen LogP contribution >= 0.6 is 0 Å². The number of aromatic nitrogens is 1. The summed E-state index contributed by atoms with van der Waals surface area (Å²) in [6, 6.07) is 2.40. The van der Waals surface area contributed by atoms with Crippen molar-refractivity contribution in [2.24, 2.45) is 0 Å². The van der Waals surface area contributed by atoms with E-state index in [4.69, 9.17) is 0 Å². The molecule has 0 radical (unpaired) electrons. The van der Waals surface area contributed by atoms with Crippen LogP contribution in [0.5, 0.6) is 0 Å². The van der Waals surface area contributed by atoms with E-state index in [1.807, 2.05) is 0 Å². The molecule has 0 aliphatic heterocycles. The minimum atomic E-state index is 0.613. The summed E-state index contributed by atoms with van der Waals surface area (Å²) in [6.07, 6.45) is 21.8. The molecule has 0 aliphatic rings. The third-order valence-corrected chi connectivity index (χ3v) is 5.57. The van der Waals surface area contributed by atoms with Crippen LogP contribution in [0, 0.1) is 0 Å². The fourth-order valence-corrected chi connectivity index (χ4v) is 3.58. The van der Waals surface area contributed by atoms with Crippen molar-refractivity contribution in [3.63, 3.8) is 0 Å². The van der Waals surface area contributed by atoms with Crippen molar-refractivity contribution < 1.29 is 4.57 Å². The first-order chi connectivity index (χ1) is 12.5. The Morgan fingerprint density at radius 3 is 1.38 bits per heavy atom. The lowest BCUT2D eigenvalue weighted by molar-refractivity contribution is -0.698. The van der Waals surface area contributed by atoms with E-state index in [2.05, 4.69) is 57.6 Å². The lowest BCUT2D eigenvalue weighted by Crippen LogP contribution is -2.34. The smallest absolute Gasteiger partial charge is 0.172 e. The van der Waals surface area contributed by atoms with E-state index in [0.717, 1.165) is 0 Å². The number of rotatable bonds is 15. The number of unbranched alkanes of at least 4 members (excludes halogenated alkanes) is 11. The highest BCUT2D eigenvalue weighted by Gasteiger charge is 2.12. The Labute approximate surface area is 164 Å². The molecule has 0 aliphatic carbocycles. The standard InChI is InChI=1S/C25H46N/c1-6-7-8-9-10-11-12-13-14-15-16-17-18-26-20-24(22(2)3)19-25(21-26)23(4)5/h19-23H,6-18H2,1-5H3/q+1. The highest BCUT2D eigenvalue weighted by molar-refractivity contribution is 5.20. The second kappa shape index (κ2) is 14.2. The van der Waals surface area contributed by atoms with Gasteiger partial charge in [0.15, 0.2) is 12.4 Å². The van der Waals surface area contributed by atoms with Gasteiger partial charge in [-0.1, -0.05) is 98.8 Å². The van der Waals surface area contributed by atoms with Crippen LogP contribution in [0.25, 0.3) is 0 Å². The van der Waals surface area contributed by atoms with Gasteiger partial charge in [0, 0.05) is 17.5 Å². The first-order valence-corrected chi connectivity index (χ1v) is 11.6. The van der Waals surface area contributed by atoms with Crippen molar-refractivity contribution in [3.8, 4) is 0 Å². The van der Waals surface area contributed by atoms with Crippen LogP contribution in [0.2, 0.25) is 0 Å². The highest BCUT2D eigenvalue weighted by atomic mass is 14.9. The zero-order chi connectivity index (χ0) is 19.2. The Kier molecular flexibility index (Phi) is 12.7. The van der Waals surface area contributed by atoms with Crippen molar-refractivity contribution in [1.82, 2.24) is 0 Å². The monoisotopic (exact) mass is 360 g/mol. The molecule has 1 nitrogen and oxygen atoms in total. The average molecular weight is 361 g/mol. The largest absolute Gasteiger partial charge is 0.205 e. The quantitative estimate of drug-likeness (QED) is 0.221. The van der Waals surface area contributed by atoms with Gasteiger partial charge in [0.1, 0.15) is 6.54 Å². The van der Waals surface area contributed by atoms with E-state index in [9.17, 15) is 0 Å². The van der Waals surface area contributed by atoms with Crippen LogP contribution in [0.15, 0.2) is 18.5 Å². The van der Waals surface area contributed by atoms with E-state index in [1.165, 1.54) is 94.7 Å². The van der Waals surface area contributed by atoms with Gasteiger partial charge in [0.05, 0.1) is 0 Å². The van der Waals surface area contributed by atoms with Gasteiger partial charge in [-0.25, -0.2) is 4.57 Å². The first kappa shape index (κ1) is 23.2. The summed E-state index contributed by atoms with van der Waals surface area (Å²) < 4.78 is 2.45. The molecule has 0 bridgehead atoms. The molecule has 1 rings (SSSR count). The van der Waals surface area contributed by atoms with E-state index >= 15 is 0 Å². The molecule has 0 amide bonds. The summed E-state index contributed by atoms with van der Waals surface area (Å²) in [5, 5.41) is 0. The molecule has 1 aromatic heterocycles. The van der Waals surface area contributed by atoms with E-state index in [-0.39, 0.29) is 0 Å². The maximum absolute atomic E-state index is 2.45. The van der Waals surface area contributed by atoms with E-state index in [0.29, 0.717) is 11.8 Å². The van der Waals surface area contributed by atoms with Crippen molar-refractivity contribution in [3.05, 3.63) is 29.6 Å². The Balaban J connectivity index is 2.14. The third-order valence-electron chi connectivity index (χ3n) is 5.57. The zero-order valence-electron chi connectivity index (χ0n) is 18.5. The summed E-state index contributed by atoms with van der Waals surface area (Å²) in [5.41, 5.74) is 2.96. The lowest BCUT2D eigenvalue weighted by atomic mass is 9.98. The maximum atomic E-state index is 2.45. The van der Waals surface area contributed by atoms with Gasteiger partial charge < -0.3 is 0 Å². The van der Waals surface area contributed by atoms with Crippen LogP contribution in [0.4, 0.5) is 0 Å². The van der Waals surface area contributed by atoms with Crippen molar-refractivity contribution >= 4 is 0 Å². The molecule has 1 heterocycles. The molecule has 0 saturated carbocycles. The van der Waals surface area contributed by atoms with Crippen molar-refractivity contribution in [1.29, 1.82) is 0 Å². The third kappa shape index (κ3) is 10.3. The van der Waals surface area contributed by atoms with Crippen LogP contribution in [0.1, 0.15) is 135 Å². The Morgan fingerprint density at radius 1 is 0.615 bits per heavy atom. The molecule has 0 saturated heterocycles. The van der Waals surface area contributed by atoms with Gasteiger partial charge in [0.2, 0.25) is 0 Å². The van der Waals surface area contributed by atoms with Gasteiger partial charge in [-0.3, -0.25) is 0 Å². The maximum Gasteiger partial charge on any atom is 0.172 e. The second-order valence-corrected chi connectivity index (χ2v) is 8.84. The Morgan fingerprint density at radius 2 is 1.00 bits per heavy atom. The summed E-state index contributed by atoms with van der Waals surface area (Å²) >= 11 is 0. The van der Waals surface area contributed by atoms with E-state index < -0.39 is 0 Å². The Bertz CT molecular complexity index is 435. The zero-order valence-corrected chi connectivity index (χ0v) is 18.5. The molecule has 0 fully saturated rings. The van der Waals surface area contributed by atoms with Gasteiger partial charge in [-0.15, -0.1) is 0 Å². The predicted octanol–water partition coefficient (Wildman–Crippen LogP) is 7.92. The lowest BCUT2D eigenvalue weighted by Gasteiger charge is -2.10. The van der Waals surface area contributed by atoms with Gasteiger partial charge in [0.25, 0.3) is 0 Å². The van der Waals surface area contributed by atoms with Crippen molar-refractivity contribution in [2.45, 2.75) is 130 Å². The summed E-state index contributed by atoms with van der Waals surface area (Å²) in [4.78, 5) is 0. The molecule has 0 atom stereocenters. The summed E-state index contributed by atoms with van der Waals surface area (Å²) in [6.45, 7) is 12.7. The molecule has 150 valence electrons. The SMILES string of the molecule is CCCCCCCCCCCCCC[n+]1cc(C(C)C)cc(C(C)C)c1. The molecule has 1 heteroatoms. The first-order valence-electron chi connectivity index (χ1n) is 11.6. The average Bonchev–Trinajstić information content (AvgIpc) is 2.62. The normalized spacial score (nSPS) is 11.7. The van der Waals surface area contributed by atoms with Gasteiger partial charge in [-0.05, 0) is 24.3 Å². The molecule has 0 unspecified atom stereocenters. The minimum absolute atomic E-state index is 0.613. The van der Waals surface area contributed by atoms with Gasteiger partial charge >= 0.3 is 0 Å². The molecule has 0 spiro atoms. The van der Waals surface area contributed by atoms with Crippen LogP contribution in [0.3, 0.4) is 0 Å². The number of hydrogen-bond donors (Lipinski definition) is 0. The second-order valence-electron chi connectivity index (χ2n) is 8.84. The number of hydrogen-bond acceptors (Lipinski definition) is 0. The number of pyridine rings is 1. The highest BCUT2D eigenvalue weighted by Crippen LogP contribution is 2.19. The molecule has 1 aromatic rings. The molecule has 26 heavy (non-hydrogen) atoms. The Hall–Kier alpha value is -0.850. The fourth-order valence-electron chi connectivity index (χ4n) is 3.58. The van der Waals surface area contributed by atoms with Crippen LogP contribution < -0.4 is 4.57 Å². The summed E-state index contributed by atoms with van der Waals surface area (Å²) in [5.74, 6) is 1.23. The number of aryl methyl sites for hydroxylation is 1. The number of nitrogens with zero attached hydrogens (tertiary/aromatic N) is 1. The molecular weight excluding hydrogens is 314 g/mol. The molecule has 0 N–H and O–H groups in total. The summed E-state index contributed by atoms with van der Waals surface area (Å²) in [7, 11) is 0. The fraction of sp³-hybridized carbons (Fsp3) is 0.800. The van der Waals surface area contributed by atoms with Gasteiger partial charge in [-0.2, -0.15) is 0 Å². The van der Waals surface area contributed by atoms with Crippen LogP contribution in [-0.4, -0.2) is 0 Å². The predicted molar refractivity (Wildman–Crippen MR) is 116 cm³/mol. The minimum Gasteiger partial charge on any atom is -0.205 e.